The highest BCUT2D eigenvalue weighted by molar-refractivity contribution is 5.16. The van der Waals surface area contributed by atoms with E-state index in [0.717, 1.165) is 0 Å². The molecule has 0 spiro atoms. The maximum Gasteiger partial charge on any atom is 0.425 e. The van der Waals surface area contributed by atoms with Crippen molar-refractivity contribution in [3.63, 3.8) is 0 Å². The molecular weight excluding hydrogens is 177 g/mol. The third-order valence-electron chi connectivity index (χ3n) is 1.24. The lowest BCUT2D eigenvalue weighted by molar-refractivity contribution is -0.139. The van der Waals surface area contributed by atoms with E-state index in [2.05, 4.69) is 4.52 Å². The molecule has 1 aromatic heterocycles. The lowest BCUT2D eigenvalue weighted by atomic mass is 10.2. The van der Waals surface area contributed by atoms with Crippen molar-refractivity contribution in [1.29, 1.82) is 0 Å². The van der Waals surface area contributed by atoms with Crippen LogP contribution in [0.1, 0.15) is 11.3 Å². The Labute approximate surface area is 64.1 Å². The largest absolute Gasteiger partial charge is 0.425 e. The summed E-state index contributed by atoms with van der Waals surface area (Å²) < 4.78 is 40.2. The maximum atomic E-state index is 12.0. The Hall–Kier alpha value is -1.24. The second kappa shape index (κ2) is 2.67. The van der Waals surface area contributed by atoms with Crippen molar-refractivity contribution >= 4 is 0 Å². The quantitative estimate of drug-likeness (QED) is 0.662. The second-order valence-corrected chi connectivity index (χ2v) is 2.03. The Kier molecular flexibility index (Phi) is 1.97. The molecule has 12 heavy (non-hydrogen) atoms. The van der Waals surface area contributed by atoms with Crippen molar-refractivity contribution in [3.8, 4) is 0 Å². The van der Waals surface area contributed by atoms with Gasteiger partial charge in [-0.3, -0.25) is 4.79 Å². The average molecular weight is 182 g/mol. The first-order chi connectivity index (χ1) is 5.46. The zero-order valence-corrected chi connectivity index (χ0v) is 5.73. The number of halogens is 3. The number of alkyl halides is 3. The van der Waals surface area contributed by atoms with Crippen molar-refractivity contribution in [2.24, 2.45) is 5.73 Å². The minimum atomic E-state index is -4.71. The fraction of sp³-hybridized carbons (Fsp3) is 0.400. The van der Waals surface area contributed by atoms with Gasteiger partial charge in [0.15, 0.2) is 11.3 Å². The molecule has 0 aliphatic carbocycles. The van der Waals surface area contributed by atoms with E-state index in [1.807, 2.05) is 0 Å². The number of aromatic amines is 1. The van der Waals surface area contributed by atoms with Crippen LogP contribution in [0.2, 0.25) is 0 Å². The molecule has 1 heterocycles. The van der Waals surface area contributed by atoms with Crippen molar-refractivity contribution in [2.75, 3.05) is 0 Å². The second-order valence-electron chi connectivity index (χ2n) is 2.03. The minimum Gasteiger partial charge on any atom is -0.381 e. The summed E-state index contributed by atoms with van der Waals surface area (Å²) in [5.74, 6) is -0.576. The highest BCUT2D eigenvalue weighted by Gasteiger charge is 2.39. The van der Waals surface area contributed by atoms with Crippen LogP contribution >= 0.6 is 0 Å². The molecule has 0 unspecified atom stereocenters. The molecule has 0 fully saturated rings. The first kappa shape index (κ1) is 8.85. The van der Waals surface area contributed by atoms with Gasteiger partial charge in [0.1, 0.15) is 0 Å². The van der Waals surface area contributed by atoms with Crippen LogP contribution in [0, 0.1) is 0 Å². The van der Waals surface area contributed by atoms with Crippen LogP contribution in [-0.4, -0.2) is 5.16 Å². The van der Waals surface area contributed by atoms with Crippen molar-refractivity contribution in [1.82, 2.24) is 5.16 Å². The first-order valence-corrected chi connectivity index (χ1v) is 2.94. The smallest absolute Gasteiger partial charge is 0.381 e. The van der Waals surface area contributed by atoms with Gasteiger partial charge in [-0.15, -0.1) is 0 Å². The van der Waals surface area contributed by atoms with Gasteiger partial charge in [-0.1, -0.05) is 0 Å². The molecule has 1 rings (SSSR count). The fourth-order valence-corrected chi connectivity index (χ4v) is 0.767. The highest BCUT2D eigenvalue weighted by atomic mass is 19.4. The average Bonchev–Trinajstić information content (AvgIpc) is 2.29. The number of hydrogen-bond acceptors (Lipinski definition) is 3. The molecule has 1 aromatic rings. The van der Waals surface area contributed by atoms with E-state index in [9.17, 15) is 18.0 Å². The fourth-order valence-electron chi connectivity index (χ4n) is 0.767. The monoisotopic (exact) mass is 182 g/mol. The molecule has 0 aliphatic rings. The van der Waals surface area contributed by atoms with Crippen molar-refractivity contribution in [3.05, 3.63) is 21.7 Å². The standard InChI is InChI=1S/C5H5F3N2O2/c6-5(7,8)3-2(1-9)12-10-4(3)11/h1,9H2,(H,10,11). The number of rotatable bonds is 1. The van der Waals surface area contributed by atoms with E-state index in [1.165, 1.54) is 0 Å². The summed E-state index contributed by atoms with van der Waals surface area (Å²) in [5.41, 5.74) is 2.25. The summed E-state index contributed by atoms with van der Waals surface area (Å²) in [6.07, 6.45) is -4.71. The predicted molar refractivity (Wildman–Crippen MR) is 32.2 cm³/mol. The van der Waals surface area contributed by atoms with Gasteiger partial charge in [-0.2, -0.15) is 18.3 Å². The topological polar surface area (TPSA) is 72.0 Å². The molecule has 68 valence electrons. The first-order valence-electron chi connectivity index (χ1n) is 2.94. The number of H-pyrrole nitrogens is 1. The van der Waals surface area contributed by atoms with Crippen molar-refractivity contribution in [2.45, 2.75) is 12.7 Å². The molecule has 0 aliphatic heterocycles. The zero-order chi connectivity index (χ0) is 9.35. The molecule has 0 radical (unpaired) electrons. The van der Waals surface area contributed by atoms with Gasteiger partial charge in [0, 0.05) is 0 Å². The van der Waals surface area contributed by atoms with Crippen LogP contribution in [0.3, 0.4) is 0 Å². The Morgan fingerprint density at radius 3 is 2.42 bits per heavy atom. The normalized spacial score (nSPS) is 12.0. The van der Waals surface area contributed by atoms with Gasteiger partial charge in [-0.25, -0.2) is 0 Å². The molecule has 0 saturated heterocycles. The Morgan fingerprint density at radius 1 is 1.50 bits per heavy atom. The summed E-state index contributed by atoms with van der Waals surface area (Å²) in [6, 6.07) is 0. The summed E-state index contributed by atoms with van der Waals surface area (Å²) >= 11 is 0. The summed E-state index contributed by atoms with van der Waals surface area (Å²) in [6.45, 7) is -0.465. The van der Waals surface area contributed by atoms with Crippen LogP contribution in [0.5, 0.6) is 0 Å². The number of nitrogens with two attached hydrogens (primary N) is 1. The third-order valence-corrected chi connectivity index (χ3v) is 1.24. The van der Waals surface area contributed by atoms with Gasteiger partial charge < -0.3 is 10.3 Å². The molecule has 3 N–H and O–H groups in total. The predicted octanol–water partition coefficient (Wildman–Crippen LogP) is 0.445. The molecule has 0 saturated carbocycles. The molecule has 0 aromatic carbocycles. The zero-order valence-electron chi connectivity index (χ0n) is 5.73. The van der Waals surface area contributed by atoms with Crippen LogP contribution in [0.25, 0.3) is 0 Å². The van der Waals surface area contributed by atoms with E-state index < -0.39 is 29.6 Å². The lowest BCUT2D eigenvalue weighted by Gasteiger charge is -2.01. The Balaban J connectivity index is 3.29. The number of nitrogens with one attached hydrogen (secondary N) is 1. The van der Waals surface area contributed by atoms with Crippen LogP contribution in [0.4, 0.5) is 13.2 Å². The molecule has 7 heteroatoms. The molecular formula is C5H5F3N2O2. The van der Waals surface area contributed by atoms with E-state index >= 15 is 0 Å². The molecule has 4 nitrogen and oxygen atoms in total. The SMILES string of the molecule is NCc1o[nH]c(=O)c1C(F)(F)F. The van der Waals surface area contributed by atoms with E-state index in [-0.39, 0.29) is 0 Å². The lowest BCUT2D eigenvalue weighted by Crippen LogP contribution is -2.19. The van der Waals surface area contributed by atoms with Crippen LogP contribution in [-0.2, 0) is 12.7 Å². The van der Waals surface area contributed by atoms with E-state index in [0.29, 0.717) is 0 Å². The summed E-state index contributed by atoms with van der Waals surface area (Å²) in [7, 11) is 0. The van der Waals surface area contributed by atoms with Gasteiger partial charge in [0.05, 0.1) is 6.54 Å². The minimum absolute atomic E-state index is 0.465. The number of hydrogen-bond donors (Lipinski definition) is 2. The van der Waals surface area contributed by atoms with Gasteiger partial charge in [0.2, 0.25) is 0 Å². The van der Waals surface area contributed by atoms with Gasteiger partial charge in [-0.05, 0) is 0 Å². The third kappa shape index (κ3) is 1.35. The summed E-state index contributed by atoms with van der Waals surface area (Å²) in [5, 5.41) is 1.56. The van der Waals surface area contributed by atoms with E-state index in [1.54, 1.807) is 5.16 Å². The molecule has 0 bridgehead atoms. The molecule has 0 atom stereocenters. The summed E-state index contributed by atoms with van der Waals surface area (Å²) in [4.78, 5) is 10.5. The maximum absolute atomic E-state index is 12.0. The van der Waals surface area contributed by atoms with Gasteiger partial charge in [0.25, 0.3) is 5.56 Å². The number of aromatic nitrogens is 1. The van der Waals surface area contributed by atoms with Gasteiger partial charge >= 0.3 is 6.18 Å². The highest BCUT2D eigenvalue weighted by Crippen LogP contribution is 2.28. The molecule has 0 amide bonds. The van der Waals surface area contributed by atoms with Crippen LogP contribution in [0.15, 0.2) is 9.32 Å². The van der Waals surface area contributed by atoms with Crippen LogP contribution < -0.4 is 11.3 Å². The Morgan fingerprint density at radius 2 is 2.08 bits per heavy atom. The van der Waals surface area contributed by atoms with Crippen molar-refractivity contribution < 1.29 is 17.7 Å². The van der Waals surface area contributed by atoms with E-state index in [4.69, 9.17) is 5.73 Å². The Bertz CT molecular complexity index is 324.